The van der Waals surface area contributed by atoms with E-state index in [2.05, 4.69) is 22.1 Å². The summed E-state index contributed by atoms with van der Waals surface area (Å²) >= 11 is 1.52. The van der Waals surface area contributed by atoms with Crippen molar-refractivity contribution in [3.63, 3.8) is 0 Å². The third-order valence-electron chi connectivity index (χ3n) is 4.44. The van der Waals surface area contributed by atoms with Crippen LogP contribution < -0.4 is 0 Å². The predicted molar refractivity (Wildman–Crippen MR) is 91.9 cm³/mol. The number of aryl methyl sites for hydroxylation is 1. The van der Waals surface area contributed by atoms with Gasteiger partial charge in [0.25, 0.3) is 5.91 Å². The number of aromatic amines is 1. The zero-order valence-corrected chi connectivity index (χ0v) is 14.4. The number of rotatable bonds is 4. The van der Waals surface area contributed by atoms with E-state index in [0.29, 0.717) is 11.5 Å². The lowest BCUT2D eigenvalue weighted by Gasteiger charge is -2.33. The Morgan fingerprint density at radius 1 is 1.52 bits per heavy atom. The Hall–Kier alpha value is -1.82. The fourth-order valence-corrected chi connectivity index (χ4v) is 3.78. The second-order valence-corrected chi connectivity index (χ2v) is 6.61. The summed E-state index contributed by atoms with van der Waals surface area (Å²) in [5.74, 6) is 0.435. The zero-order chi connectivity index (χ0) is 16.2. The lowest BCUT2D eigenvalue weighted by Crippen LogP contribution is -2.39. The van der Waals surface area contributed by atoms with Gasteiger partial charge in [0.2, 0.25) is 0 Å². The van der Waals surface area contributed by atoms with E-state index < -0.39 is 0 Å². The van der Waals surface area contributed by atoms with Gasteiger partial charge in [-0.2, -0.15) is 5.10 Å². The molecule has 0 radical (unpaired) electrons. The first-order chi connectivity index (χ1) is 11.2. The number of thioether (sulfide) groups is 1. The molecule has 1 amide bonds. The molecule has 0 spiro atoms. The molecular formula is C17H22N4OS. The van der Waals surface area contributed by atoms with Crippen molar-refractivity contribution >= 4 is 17.7 Å². The molecule has 3 heterocycles. The van der Waals surface area contributed by atoms with Crippen LogP contribution in [0.25, 0.3) is 0 Å². The molecule has 1 aliphatic rings. The van der Waals surface area contributed by atoms with Crippen LogP contribution in [0.3, 0.4) is 0 Å². The van der Waals surface area contributed by atoms with Crippen molar-refractivity contribution in [2.24, 2.45) is 0 Å². The van der Waals surface area contributed by atoms with Gasteiger partial charge >= 0.3 is 0 Å². The maximum atomic E-state index is 12.9. The molecule has 0 aromatic carbocycles. The van der Waals surface area contributed by atoms with Gasteiger partial charge in [-0.15, -0.1) is 11.8 Å². The number of pyridine rings is 1. The summed E-state index contributed by atoms with van der Waals surface area (Å²) in [4.78, 5) is 19.2. The molecule has 122 valence electrons. The minimum Gasteiger partial charge on any atom is -0.338 e. The number of amides is 1. The summed E-state index contributed by atoms with van der Waals surface area (Å²) in [5.41, 5.74) is 3.16. The van der Waals surface area contributed by atoms with E-state index >= 15 is 0 Å². The molecule has 0 bridgehead atoms. The van der Waals surface area contributed by atoms with Crippen molar-refractivity contribution in [3.05, 3.63) is 41.3 Å². The third-order valence-corrected chi connectivity index (χ3v) is 5.16. The molecule has 0 aliphatic carbocycles. The molecular weight excluding hydrogens is 308 g/mol. The van der Waals surface area contributed by atoms with Gasteiger partial charge in [0.15, 0.2) is 0 Å². The summed E-state index contributed by atoms with van der Waals surface area (Å²) in [7, 11) is 0. The van der Waals surface area contributed by atoms with Gasteiger partial charge in [-0.1, -0.05) is 6.92 Å². The first kappa shape index (κ1) is 16.1. The van der Waals surface area contributed by atoms with E-state index in [1.165, 1.54) is 23.0 Å². The molecule has 2 aromatic rings. The van der Waals surface area contributed by atoms with Gasteiger partial charge < -0.3 is 4.90 Å². The van der Waals surface area contributed by atoms with Crippen molar-refractivity contribution in [3.8, 4) is 0 Å². The highest BCUT2D eigenvalue weighted by molar-refractivity contribution is 7.98. The van der Waals surface area contributed by atoms with Crippen LogP contribution in [0.2, 0.25) is 0 Å². The van der Waals surface area contributed by atoms with E-state index in [0.717, 1.165) is 37.4 Å². The SMILES string of the molecule is CCc1cn[nH]c1[C@H]1CCCN(C(=O)c2cccnc2SC)C1. The largest absolute Gasteiger partial charge is 0.338 e. The molecule has 5 nitrogen and oxygen atoms in total. The summed E-state index contributed by atoms with van der Waals surface area (Å²) in [5, 5.41) is 8.13. The average molecular weight is 330 g/mol. The number of carbonyl (C=O) groups excluding carboxylic acids is 1. The minimum absolute atomic E-state index is 0.0877. The van der Waals surface area contributed by atoms with Crippen molar-refractivity contribution in [1.82, 2.24) is 20.1 Å². The second-order valence-electron chi connectivity index (χ2n) is 5.81. The Labute approximate surface area is 140 Å². The van der Waals surface area contributed by atoms with Crippen LogP contribution in [-0.2, 0) is 6.42 Å². The van der Waals surface area contributed by atoms with Crippen molar-refractivity contribution in [2.45, 2.75) is 37.1 Å². The van der Waals surface area contributed by atoms with E-state index in [1.807, 2.05) is 29.5 Å². The zero-order valence-electron chi connectivity index (χ0n) is 13.6. The molecule has 1 aliphatic heterocycles. The second kappa shape index (κ2) is 7.17. The quantitative estimate of drug-likeness (QED) is 0.875. The first-order valence-electron chi connectivity index (χ1n) is 8.05. The van der Waals surface area contributed by atoms with Crippen LogP contribution in [0.4, 0.5) is 0 Å². The third kappa shape index (κ3) is 3.27. The van der Waals surface area contributed by atoms with E-state index in [4.69, 9.17) is 0 Å². The van der Waals surface area contributed by atoms with Crippen LogP contribution in [-0.4, -0.2) is 45.3 Å². The summed E-state index contributed by atoms with van der Waals surface area (Å²) in [6, 6.07) is 3.71. The van der Waals surface area contributed by atoms with Crippen LogP contribution in [0.5, 0.6) is 0 Å². The van der Waals surface area contributed by atoms with Crippen molar-refractivity contribution < 1.29 is 4.79 Å². The van der Waals surface area contributed by atoms with E-state index in [9.17, 15) is 4.79 Å². The average Bonchev–Trinajstić information content (AvgIpc) is 3.10. The Morgan fingerprint density at radius 2 is 2.39 bits per heavy atom. The molecule has 1 atom stereocenters. The van der Waals surface area contributed by atoms with Gasteiger partial charge in [0, 0.05) is 30.9 Å². The molecule has 0 saturated carbocycles. The minimum atomic E-state index is 0.0877. The number of carbonyl (C=O) groups is 1. The topological polar surface area (TPSA) is 61.9 Å². The highest BCUT2D eigenvalue weighted by Gasteiger charge is 2.28. The van der Waals surface area contributed by atoms with E-state index in [1.54, 1.807) is 6.20 Å². The summed E-state index contributed by atoms with van der Waals surface area (Å²) in [6.45, 7) is 3.70. The molecule has 2 aromatic heterocycles. The lowest BCUT2D eigenvalue weighted by atomic mass is 9.91. The number of aromatic nitrogens is 3. The maximum Gasteiger partial charge on any atom is 0.256 e. The fraction of sp³-hybridized carbons (Fsp3) is 0.471. The normalized spacial score (nSPS) is 18.2. The number of hydrogen-bond acceptors (Lipinski definition) is 4. The molecule has 0 unspecified atom stereocenters. The number of piperidine rings is 1. The Kier molecular flexibility index (Phi) is 5.00. The molecule has 1 fully saturated rings. The lowest BCUT2D eigenvalue weighted by molar-refractivity contribution is 0.0701. The molecule has 1 saturated heterocycles. The van der Waals surface area contributed by atoms with Crippen molar-refractivity contribution in [2.75, 3.05) is 19.3 Å². The molecule has 3 rings (SSSR count). The van der Waals surface area contributed by atoms with Gasteiger partial charge in [0.05, 0.1) is 11.8 Å². The smallest absolute Gasteiger partial charge is 0.256 e. The number of H-pyrrole nitrogens is 1. The van der Waals surface area contributed by atoms with Gasteiger partial charge in [0.1, 0.15) is 5.03 Å². The highest BCUT2D eigenvalue weighted by Crippen LogP contribution is 2.29. The van der Waals surface area contributed by atoms with Crippen LogP contribution in [0.15, 0.2) is 29.6 Å². The number of nitrogens with one attached hydrogen (secondary N) is 1. The highest BCUT2D eigenvalue weighted by atomic mass is 32.2. The van der Waals surface area contributed by atoms with Crippen LogP contribution in [0, 0.1) is 0 Å². The molecule has 23 heavy (non-hydrogen) atoms. The van der Waals surface area contributed by atoms with E-state index in [-0.39, 0.29) is 5.91 Å². The monoisotopic (exact) mass is 330 g/mol. The van der Waals surface area contributed by atoms with Crippen LogP contribution >= 0.6 is 11.8 Å². The maximum absolute atomic E-state index is 12.9. The number of hydrogen-bond donors (Lipinski definition) is 1. The van der Waals surface area contributed by atoms with Crippen LogP contribution in [0.1, 0.15) is 47.3 Å². The fourth-order valence-electron chi connectivity index (χ4n) is 3.24. The Balaban J connectivity index is 1.79. The van der Waals surface area contributed by atoms with Gasteiger partial charge in [-0.05, 0) is 43.2 Å². The first-order valence-corrected chi connectivity index (χ1v) is 9.27. The number of nitrogens with zero attached hydrogens (tertiary/aromatic N) is 3. The number of likely N-dealkylation sites (tertiary alicyclic amines) is 1. The summed E-state index contributed by atoms with van der Waals surface area (Å²) in [6.07, 6.45) is 8.68. The van der Waals surface area contributed by atoms with Gasteiger partial charge in [-0.25, -0.2) is 4.98 Å². The Bertz CT molecular complexity index is 685. The Morgan fingerprint density at radius 3 is 3.17 bits per heavy atom. The standard InChI is InChI=1S/C17H22N4OS/c1-3-12-10-19-20-15(12)13-6-5-9-21(11-13)17(22)14-7-4-8-18-16(14)23-2/h4,7-8,10,13H,3,5-6,9,11H2,1-2H3,(H,19,20)/t13-/m0/s1. The molecule has 1 N–H and O–H groups in total. The van der Waals surface area contributed by atoms with Crippen molar-refractivity contribution in [1.29, 1.82) is 0 Å². The molecule has 6 heteroatoms. The predicted octanol–water partition coefficient (Wildman–Crippen LogP) is 3.11. The van der Waals surface area contributed by atoms with Gasteiger partial charge in [-0.3, -0.25) is 9.89 Å². The summed E-state index contributed by atoms with van der Waals surface area (Å²) < 4.78 is 0.